The summed E-state index contributed by atoms with van der Waals surface area (Å²) in [4.78, 5) is 34.9. The number of nitrogens with zero attached hydrogens (tertiary/aromatic N) is 3. The van der Waals surface area contributed by atoms with Crippen LogP contribution in [0.4, 0.5) is 5.69 Å². The van der Waals surface area contributed by atoms with Crippen molar-refractivity contribution in [3.8, 4) is 5.75 Å². The van der Waals surface area contributed by atoms with Crippen LogP contribution in [0.15, 0.2) is 58.4 Å². The summed E-state index contributed by atoms with van der Waals surface area (Å²) >= 11 is 1.52. The summed E-state index contributed by atoms with van der Waals surface area (Å²) in [6.45, 7) is 6.27. The van der Waals surface area contributed by atoms with Gasteiger partial charge in [0.05, 0.1) is 45.1 Å². The monoisotopic (exact) mass is 715 g/mol. The molecule has 2 aliphatic heterocycles. The van der Waals surface area contributed by atoms with Gasteiger partial charge in [0.1, 0.15) is 11.5 Å². The molecular formula is C40H49N3O5S2. The lowest BCUT2D eigenvalue weighted by Gasteiger charge is -2.46. The van der Waals surface area contributed by atoms with E-state index >= 15 is 0 Å². The van der Waals surface area contributed by atoms with Crippen LogP contribution in [0.2, 0.25) is 0 Å². The van der Waals surface area contributed by atoms with Gasteiger partial charge < -0.3 is 14.4 Å². The van der Waals surface area contributed by atoms with Gasteiger partial charge in [-0.15, -0.1) is 11.3 Å². The number of amides is 1. The van der Waals surface area contributed by atoms with E-state index in [0.29, 0.717) is 43.3 Å². The van der Waals surface area contributed by atoms with Gasteiger partial charge in [0.25, 0.3) is 5.91 Å². The number of thiazole rings is 1. The number of hydrogen-bond acceptors (Lipinski definition) is 8. The number of ether oxygens (including phenoxy) is 2. The number of carbonyl (C=O) groups is 2. The van der Waals surface area contributed by atoms with Gasteiger partial charge in [0, 0.05) is 48.2 Å². The molecule has 1 fully saturated rings. The van der Waals surface area contributed by atoms with Gasteiger partial charge in [-0.25, -0.2) is 9.19 Å². The number of aromatic nitrogens is 1. The number of carbonyl (C=O) groups excluding carboxylic acids is 2. The Balaban J connectivity index is 1.24. The molecule has 4 aliphatic rings. The summed E-state index contributed by atoms with van der Waals surface area (Å²) in [5, 5.41) is 0. The highest BCUT2D eigenvalue weighted by Crippen LogP contribution is 2.47. The second-order valence-electron chi connectivity index (χ2n) is 14.8. The highest BCUT2D eigenvalue weighted by atomic mass is 32.2. The minimum Gasteiger partial charge on any atom is -0.490 e. The first-order chi connectivity index (χ1) is 24.1. The SMILES string of the molecule is CO[C@H]1/C=C/CCC[S@@](=O)(CC(=O)CCc2scnc2C)=NC(=O)c2ccc3c(c2)N(C[C@@H]2CC[C@H]21)C[C@@]1(CCCc2cc(C)ccc21)CO3. The van der Waals surface area contributed by atoms with Crippen LogP contribution in [0.5, 0.6) is 5.75 Å². The maximum Gasteiger partial charge on any atom is 0.285 e. The van der Waals surface area contributed by atoms with Gasteiger partial charge in [0.15, 0.2) is 0 Å². The Bertz CT molecular complexity index is 1910. The Morgan fingerprint density at radius 3 is 2.82 bits per heavy atom. The van der Waals surface area contributed by atoms with Gasteiger partial charge in [-0.1, -0.05) is 35.9 Å². The fourth-order valence-electron chi connectivity index (χ4n) is 8.49. The molecule has 10 heteroatoms. The van der Waals surface area contributed by atoms with Gasteiger partial charge >= 0.3 is 0 Å². The first-order valence-corrected chi connectivity index (χ1v) is 20.9. The molecule has 3 aromatic rings. The topological polar surface area (TPSA) is 98.2 Å². The molecule has 50 heavy (non-hydrogen) atoms. The summed E-state index contributed by atoms with van der Waals surface area (Å²) in [5.41, 5.74) is 7.83. The van der Waals surface area contributed by atoms with Crippen molar-refractivity contribution in [2.45, 2.75) is 83.2 Å². The lowest BCUT2D eigenvalue weighted by molar-refractivity contribution is -0.116. The molecule has 2 aromatic carbocycles. The van der Waals surface area contributed by atoms with Gasteiger partial charge in [0.2, 0.25) is 0 Å². The number of benzene rings is 2. The number of methoxy groups -OCH3 is 1. The number of ketones is 1. The minimum atomic E-state index is -3.14. The van der Waals surface area contributed by atoms with E-state index in [1.807, 2.05) is 19.1 Å². The standard InChI is InChI=1S/C40H49N3O5S2/c1-27-10-15-34-29(20-27)8-7-18-40(34)24-43-22-31-11-14-33(31)36(47-3)9-5-4-6-19-50(46,23-32(44)13-17-38-28(2)41-26-49-38)42-39(45)30-12-16-37(48-25-40)35(43)21-30/h5,9-10,12,15-16,20-21,26,31,33,36H,4,6-8,11,13-14,17-19,22-25H2,1-3H3/b9-5+/t31-,33+,36-,40-,50+/m0/s1. The first-order valence-electron chi connectivity index (χ1n) is 18.1. The minimum absolute atomic E-state index is 0.00423. The zero-order chi connectivity index (χ0) is 34.9. The smallest absolute Gasteiger partial charge is 0.285 e. The molecule has 2 aliphatic carbocycles. The van der Waals surface area contributed by atoms with Crippen molar-refractivity contribution < 1.29 is 23.3 Å². The summed E-state index contributed by atoms with van der Waals surface area (Å²) in [6, 6.07) is 12.4. The number of anilines is 1. The quantitative estimate of drug-likeness (QED) is 0.245. The molecule has 7 rings (SSSR count). The highest BCUT2D eigenvalue weighted by Gasteiger charge is 2.44. The first kappa shape index (κ1) is 35.1. The fraction of sp³-hybridized carbons (Fsp3) is 0.525. The van der Waals surface area contributed by atoms with E-state index in [4.69, 9.17) is 9.47 Å². The van der Waals surface area contributed by atoms with Crippen molar-refractivity contribution in [2.24, 2.45) is 16.2 Å². The third-order valence-corrected chi connectivity index (χ3v) is 14.6. The number of Topliss-reactive ketones (excluding diaryl/α,β-unsaturated/α-hetero) is 1. The molecule has 1 amide bonds. The third kappa shape index (κ3) is 7.34. The van der Waals surface area contributed by atoms with E-state index in [2.05, 4.69) is 51.5 Å². The average molecular weight is 716 g/mol. The predicted octanol–water partition coefficient (Wildman–Crippen LogP) is 7.43. The van der Waals surface area contributed by atoms with Crippen molar-refractivity contribution in [1.82, 2.24) is 4.98 Å². The highest BCUT2D eigenvalue weighted by molar-refractivity contribution is 7.94. The lowest BCUT2D eigenvalue weighted by atomic mass is 9.68. The predicted molar refractivity (Wildman–Crippen MR) is 200 cm³/mol. The van der Waals surface area contributed by atoms with Crippen LogP contribution in [-0.2, 0) is 37.5 Å². The molecule has 1 spiro atoms. The zero-order valence-corrected chi connectivity index (χ0v) is 31.2. The summed E-state index contributed by atoms with van der Waals surface area (Å²) in [5.74, 6) is 0.847. The van der Waals surface area contributed by atoms with Gasteiger partial charge in [-0.3, -0.25) is 9.59 Å². The number of aryl methyl sites for hydroxylation is 4. The number of fused-ring (bicyclic) bond motifs is 4. The van der Waals surface area contributed by atoms with Crippen molar-refractivity contribution in [2.75, 3.05) is 43.2 Å². The summed E-state index contributed by atoms with van der Waals surface area (Å²) < 4.78 is 31.5. The molecule has 1 aromatic heterocycles. The van der Waals surface area contributed by atoms with Crippen LogP contribution in [0.25, 0.3) is 0 Å². The van der Waals surface area contributed by atoms with Gasteiger partial charge in [-0.2, -0.15) is 4.36 Å². The van der Waals surface area contributed by atoms with Crippen LogP contribution in [-0.4, -0.2) is 65.3 Å². The van der Waals surface area contributed by atoms with Crippen LogP contribution >= 0.6 is 11.3 Å². The largest absolute Gasteiger partial charge is 0.490 e. The van der Waals surface area contributed by atoms with Crippen LogP contribution in [0, 0.1) is 25.7 Å². The fourth-order valence-corrected chi connectivity index (χ4v) is 11.2. The molecule has 266 valence electrons. The molecule has 0 unspecified atom stereocenters. The molecule has 2 bridgehead atoms. The Labute approximate surface area is 300 Å². The lowest BCUT2D eigenvalue weighted by Crippen LogP contribution is -2.49. The van der Waals surface area contributed by atoms with Crippen LogP contribution < -0.4 is 9.64 Å². The van der Waals surface area contributed by atoms with Crippen molar-refractivity contribution in [3.05, 3.63) is 86.9 Å². The second-order valence-corrected chi connectivity index (χ2v) is 18.2. The molecule has 5 atom stereocenters. The zero-order valence-electron chi connectivity index (χ0n) is 29.5. The van der Waals surface area contributed by atoms with E-state index in [1.165, 1.54) is 28.0 Å². The van der Waals surface area contributed by atoms with E-state index in [1.54, 1.807) is 18.7 Å². The Morgan fingerprint density at radius 2 is 2.04 bits per heavy atom. The number of allylic oxidation sites excluding steroid dienone is 1. The molecule has 3 heterocycles. The van der Waals surface area contributed by atoms with E-state index in [-0.39, 0.29) is 35.2 Å². The maximum atomic E-state index is 14.4. The molecule has 0 N–H and O–H groups in total. The molecule has 0 radical (unpaired) electrons. The Kier molecular flexibility index (Phi) is 10.3. The van der Waals surface area contributed by atoms with Gasteiger partial charge in [-0.05, 0) is 106 Å². The summed E-state index contributed by atoms with van der Waals surface area (Å²) in [7, 11) is -1.35. The Hall–Kier alpha value is -3.34. The van der Waals surface area contributed by atoms with E-state index in [9.17, 15) is 13.8 Å². The molecular weight excluding hydrogens is 667 g/mol. The second kappa shape index (κ2) is 14.7. The van der Waals surface area contributed by atoms with E-state index in [0.717, 1.165) is 67.2 Å². The molecule has 1 saturated carbocycles. The summed E-state index contributed by atoms with van der Waals surface area (Å²) in [6.07, 6.45) is 11.7. The van der Waals surface area contributed by atoms with Crippen LogP contribution in [0.3, 0.4) is 0 Å². The van der Waals surface area contributed by atoms with Crippen LogP contribution in [0.1, 0.15) is 82.6 Å². The Morgan fingerprint density at radius 1 is 1.16 bits per heavy atom. The maximum absolute atomic E-state index is 14.4. The number of rotatable bonds is 6. The van der Waals surface area contributed by atoms with Crippen molar-refractivity contribution >= 4 is 38.4 Å². The third-order valence-electron chi connectivity index (χ3n) is 11.4. The molecule has 0 saturated heterocycles. The van der Waals surface area contributed by atoms with Crippen molar-refractivity contribution in [3.63, 3.8) is 0 Å². The normalized spacial score (nSPS) is 28.7. The molecule has 8 nitrogen and oxygen atoms in total. The van der Waals surface area contributed by atoms with E-state index < -0.39 is 15.6 Å². The average Bonchev–Trinajstić information content (AvgIpc) is 3.43. The van der Waals surface area contributed by atoms with Crippen molar-refractivity contribution in [1.29, 1.82) is 0 Å². The number of hydrogen-bond donors (Lipinski definition) is 0.